The van der Waals surface area contributed by atoms with Crippen molar-refractivity contribution in [2.24, 2.45) is 5.73 Å². The number of carbonyl (C=O) groups is 3. The zero-order valence-electron chi connectivity index (χ0n) is 74.2. The van der Waals surface area contributed by atoms with Crippen molar-refractivity contribution >= 4 is 187 Å². The van der Waals surface area contributed by atoms with E-state index >= 15 is 0 Å². The van der Waals surface area contributed by atoms with Gasteiger partial charge in [0.25, 0.3) is 43.5 Å². The summed E-state index contributed by atoms with van der Waals surface area (Å²) in [6.07, 6.45) is 35.4. The first-order valence-corrected chi connectivity index (χ1v) is 49.6. The van der Waals surface area contributed by atoms with Gasteiger partial charge in [0, 0.05) is 161 Å². The number of nitrogens with one attached hydrogen (secondary N) is 3. The van der Waals surface area contributed by atoms with Crippen molar-refractivity contribution in [3.63, 3.8) is 0 Å². The van der Waals surface area contributed by atoms with E-state index in [0.717, 1.165) is 113 Å². The molecule has 3 amide bonds. The standard InChI is InChI=1S/C31H32BN5O5S.C25H20BrN5O3S.C19H15BrN4O.C8H5BrN2O2.C8H7BrN2.C8H6BrN/c1-21-11-13-25(14-12-21)43(39,40)37-20-27(35-29(38)23-16-34-36(19-23)18-22-9-7-6-8-10-22)26-15-24(17-33-28(26)37)32-41-30(2,3)31(4,5)42-32;1-17-7-9-21(10-8-17)35(33,34)31-16-23(22-11-20(26)13-27-24(22)31)29-25(32)19-12-28-30(15-19)14-18-5-3-2-4-6-18;20-15-8-16-17(21-10-15)6-7-18(16)23-19(25)14-9-22-24(12-14)11-13-4-2-1-3-5-13;9-5-3-6-7(10-4-5)1-2-8(6)11(12)13;9-5-3-6-7(10)1-2-8(6)11-4-5;9-7-4-6-2-1-3-8(6)10-5-7/h6-17,19-20H,18H2,1-5H3,(H,35,38);2-13,15-16H,14H2,1H3,(H,29,32);1-5,7-10,12H,6,11H2,(H,23,25);2-4H,1H2;1,3-4H,2,10H2;1-2,4-5H,3H2. The van der Waals surface area contributed by atoms with Gasteiger partial charge in [-0.3, -0.25) is 58.5 Å². The normalized spacial score (nSPS) is 13.8. The monoisotopic (exact) mass is 2190 g/mol. The van der Waals surface area contributed by atoms with Crippen molar-refractivity contribution < 1.29 is 45.5 Å². The van der Waals surface area contributed by atoms with E-state index in [1.807, 2.05) is 163 Å². The summed E-state index contributed by atoms with van der Waals surface area (Å²) in [5.41, 5.74) is 22.2. The SMILES string of the molecule is Brc1cnc2c(c1)C=CC2.Cc1ccc(S(=O)(=O)n2cc(NC(=O)c3cnn(Cc4ccccc4)c3)c3cc(B4OC(C)(C)C(C)(C)O4)cnc32)cc1.Cc1ccc(S(=O)(=O)n2cc(NC(=O)c3cnn(Cc4ccccc4)c3)c3cc(Br)cnc32)cc1.NC1=CCc2ncc(Br)cc21.O=C(NC1=CCc2ncc(Br)cc21)c1cnn(Cc2ccccc2)c1.O=[N+]([O-])C1=CCc2ncc(Br)cc21. The Morgan fingerprint density at radius 1 is 0.453 bits per heavy atom. The minimum atomic E-state index is -4.04. The van der Waals surface area contributed by atoms with Crippen LogP contribution in [0.5, 0.6) is 0 Å². The van der Waals surface area contributed by atoms with Crippen molar-refractivity contribution in [3.8, 4) is 0 Å². The van der Waals surface area contributed by atoms with Gasteiger partial charge in [-0.15, -0.1) is 0 Å². The van der Waals surface area contributed by atoms with Crippen molar-refractivity contribution in [2.75, 3.05) is 10.6 Å². The molecule has 1 saturated heterocycles. The lowest BCUT2D eigenvalue weighted by molar-refractivity contribution is -0.375. The molecule has 5 aliphatic rings. The lowest BCUT2D eigenvalue weighted by Crippen LogP contribution is -2.41. The van der Waals surface area contributed by atoms with E-state index in [1.165, 1.54) is 42.2 Å². The number of amides is 3. The van der Waals surface area contributed by atoms with E-state index in [0.29, 0.717) is 74.7 Å². The topological polar surface area (TPSA) is 384 Å². The van der Waals surface area contributed by atoms with Crippen LogP contribution in [0.25, 0.3) is 45.2 Å². The van der Waals surface area contributed by atoms with E-state index in [9.17, 15) is 41.3 Å². The highest BCUT2D eigenvalue weighted by Gasteiger charge is 2.52. The third kappa shape index (κ3) is 22.8. The molecule has 5 N–H and O–H groups in total. The van der Waals surface area contributed by atoms with Crippen LogP contribution >= 0.6 is 79.6 Å². The highest BCUT2D eigenvalue weighted by molar-refractivity contribution is 9.11. The molecule has 21 rings (SSSR count). The number of allylic oxidation sites excluding steroid dienone is 4. The number of aryl methyl sites for hydroxylation is 2. The van der Waals surface area contributed by atoms with Crippen molar-refractivity contribution in [1.82, 2.24) is 72.5 Å². The Hall–Kier alpha value is -13.4. The molecule has 0 saturated carbocycles. The van der Waals surface area contributed by atoms with Gasteiger partial charge in [-0.05, 0) is 204 Å². The van der Waals surface area contributed by atoms with Crippen LogP contribution < -0.4 is 27.1 Å². The number of aromatic nitrogens is 14. The number of rotatable bonds is 18. The van der Waals surface area contributed by atoms with Gasteiger partial charge >= 0.3 is 7.12 Å². The highest BCUT2D eigenvalue weighted by Crippen LogP contribution is 2.39. The van der Waals surface area contributed by atoms with Gasteiger partial charge in [0.05, 0.1) is 121 Å². The first-order chi connectivity index (χ1) is 65.6. The Morgan fingerprint density at radius 3 is 1.31 bits per heavy atom. The fourth-order valence-corrected chi connectivity index (χ4v) is 19.3. The smallest absolute Gasteiger partial charge is 0.399 e. The van der Waals surface area contributed by atoms with Gasteiger partial charge in [0.1, 0.15) is 0 Å². The first-order valence-electron chi connectivity index (χ1n) is 42.7. The molecule has 692 valence electrons. The molecular formula is C99H85BBr5N19O11S2. The van der Waals surface area contributed by atoms with Gasteiger partial charge in [0.2, 0.25) is 0 Å². The summed E-state index contributed by atoms with van der Waals surface area (Å²) >= 11 is 16.7. The van der Waals surface area contributed by atoms with Crippen LogP contribution in [-0.4, -0.2) is 125 Å². The predicted octanol–water partition coefficient (Wildman–Crippen LogP) is 18.8. The Balaban J connectivity index is 0.000000129. The molecule has 137 heavy (non-hydrogen) atoms. The number of nitro groups is 1. The molecule has 0 spiro atoms. The van der Waals surface area contributed by atoms with E-state index in [4.69, 9.17) is 15.0 Å². The van der Waals surface area contributed by atoms with Crippen LogP contribution in [0.3, 0.4) is 0 Å². The molecule has 30 nitrogen and oxygen atoms in total. The average Bonchev–Trinajstić information content (AvgIpc) is 1.59. The molecule has 16 aromatic rings. The molecule has 0 radical (unpaired) electrons. The zero-order valence-corrected chi connectivity index (χ0v) is 83.8. The maximum atomic E-state index is 13.8. The summed E-state index contributed by atoms with van der Waals surface area (Å²) in [6, 6.07) is 54.0. The molecular weight excluding hydrogens is 2110 g/mol. The number of carbonyl (C=O) groups excluding carboxylic acids is 3. The number of anilines is 2. The summed E-state index contributed by atoms with van der Waals surface area (Å²) in [6.45, 7) is 13.2. The predicted molar refractivity (Wildman–Crippen MR) is 544 cm³/mol. The third-order valence-corrected chi connectivity index (χ3v) is 28.3. The number of hydrogen-bond donors (Lipinski definition) is 4. The number of fused-ring (bicyclic) bond motifs is 6. The molecule has 5 aromatic carbocycles. The Morgan fingerprint density at radius 2 is 0.839 bits per heavy atom. The van der Waals surface area contributed by atoms with E-state index in [1.54, 1.807) is 136 Å². The molecule has 4 aliphatic carbocycles. The third-order valence-electron chi connectivity index (χ3n) is 22.9. The lowest BCUT2D eigenvalue weighted by Gasteiger charge is -2.32. The van der Waals surface area contributed by atoms with E-state index in [-0.39, 0.29) is 43.3 Å². The summed E-state index contributed by atoms with van der Waals surface area (Å²) < 4.78 is 78.3. The second kappa shape index (κ2) is 41.6. The molecule has 1 fully saturated rings. The second-order valence-electron chi connectivity index (χ2n) is 33.1. The lowest BCUT2D eigenvalue weighted by atomic mass is 9.80. The Bertz CT molecular complexity index is 7670. The number of hydrogen-bond acceptors (Lipinski definition) is 21. The maximum Gasteiger partial charge on any atom is 0.496 e. The first kappa shape index (κ1) is 96.7. The van der Waals surface area contributed by atoms with Gasteiger partial charge in [-0.1, -0.05) is 151 Å². The number of halogens is 5. The summed E-state index contributed by atoms with van der Waals surface area (Å²) in [5.74, 6) is -1.01. The number of pyridine rings is 6. The van der Waals surface area contributed by atoms with Gasteiger partial charge < -0.3 is 31.0 Å². The van der Waals surface area contributed by atoms with Crippen molar-refractivity contribution in [1.29, 1.82) is 0 Å². The maximum absolute atomic E-state index is 13.8. The van der Waals surface area contributed by atoms with Crippen LogP contribution in [0.2, 0.25) is 0 Å². The number of nitrogens with two attached hydrogens (primary N) is 1. The fraction of sp³-hybridized carbons (Fsp3) is 0.152. The quantitative estimate of drug-likeness (QED) is 0.0352. The number of nitrogens with zero attached hydrogens (tertiary/aromatic N) is 15. The molecule has 0 bridgehead atoms. The minimum absolute atomic E-state index is 0.104. The molecule has 11 aromatic heterocycles. The molecule has 0 unspecified atom stereocenters. The van der Waals surface area contributed by atoms with Crippen LogP contribution in [0.15, 0.2) is 319 Å². The molecule has 1 aliphatic heterocycles. The largest absolute Gasteiger partial charge is 0.496 e. The Labute approximate surface area is 830 Å². The highest BCUT2D eigenvalue weighted by atomic mass is 79.9. The van der Waals surface area contributed by atoms with Crippen LogP contribution in [-0.2, 0) is 74.7 Å². The summed E-state index contributed by atoms with van der Waals surface area (Å²) in [7, 11) is -8.70. The van der Waals surface area contributed by atoms with E-state index < -0.39 is 50.2 Å². The van der Waals surface area contributed by atoms with Crippen LogP contribution in [0.1, 0.15) is 132 Å². The van der Waals surface area contributed by atoms with Crippen molar-refractivity contribution in [2.45, 2.75) is 108 Å². The molecule has 0 atom stereocenters. The average molecular weight is 2190 g/mol. The van der Waals surface area contributed by atoms with Gasteiger partial charge in [-0.25, -0.2) is 34.7 Å². The van der Waals surface area contributed by atoms with Gasteiger partial charge in [-0.2, -0.15) is 15.3 Å². The summed E-state index contributed by atoms with van der Waals surface area (Å²) in [5, 5.41) is 33.0. The number of benzene rings is 5. The van der Waals surface area contributed by atoms with Crippen LogP contribution in [0, 0.1) is 24.0 Å². The van der Waals surface area contributed by atoms with Gasteiger partial charge in [0.15, 0.2) is 11.3 Å². The van der Waals surface area contributed by atoms with E-state index in [2.05, 4.69) is 159 Å². The Kier molecular flexibility index (Phi) is 29.4. The fourth-order valence-electron chi connectivity index (χ4n) is 15.0. The second-order valence-corrected chi connectivity index (χ2v) is 41.3. The molecule has 38 heteroatoms. The van der Waals surface area contributed by atoms with Crippen molar-refractivity contribution in [3.05, 3.63) is 409 Å². The van der Waals surface area contributed by atoms with Crippen LogP contribution in [0.4, 0.5) is 11.4 Å². The minimum Gasteiger partial charge on any atom is -0.399 e. The molecule has 12 heterocycles. The summed E-state index contributed by atoms with van der Waals surface area (Å²) in [4.78, 5) is 75.2. The zero-order chi connectivity index (χ0) is 96.6.